The van der Waals surface area contributed by atoms with Crippen LogP contribution in [0.2, 0.25) is 0 Å². The Bertz CT molecular complexity index is 954. The Balaban J connectivity index is 1.37. The fourth-order valence-corrected chi connectivity index (χ4v) is 3.91. The third-order valence-electron chi connectivity index (χ3n) is 4.31. The van der Waals surface area contributed by atoms with Crippen LogP contribution >= 0.6 is 11.8 Å². The number of para-hydroxylation sites is 1. The average molecular weight is 378 g/mol. The number of aromatic amines is 1. The van der Waals surface area contributed by atoms with Gasteiger partial charge in [-0.15, -0.1) is 11.8 Å². The minimum Gasteiger partial charge on any atom is -0.345 e. The van der Waals surface area contributed by atoms with Gasteiger partial charge in [-0.05, 0) is 36.4 Å². The Morgan fingerprint density at radius 2 is 2.00 bits per heavy atom. The second-order valence-corrected chi connectivity index (χ2v) is 7.13. The fraction of sp³-hybridized carbons (Fsp3) is 0.150. The second-order valence-electron chi connectivity index (χ2n) is 6.12. The molecule has 1 aliphatic rings. The van der Waals surface area contributed by atoms with Crippen molar-refractivity contribution in [2.75, 3.05) is 22.5 Å². The molecule has 0 fully saturated rings. The summed E-state index contributed by atoms with van der Waals surface area (Å²) in [6, 6.07) is 15.3. The van der Waals surface area contributed by atoms with E-state index in [2.05, 4.69) is 15.3 Å². The summed E-state index contributed by atoms with van der Waals surface area (Å²) >= 11 is 1.54. The maximum absolute atomic E-state index is 12.3. The maximum Gasteiger partial charge on any atom is 0.237 e. The van der Waals surface area contributed by atoms with Crippen LogP contribution in [0.4, 0.5) is 11.4 Å². The first-order chi connectivity index (χ1) is 13.2. The molecule has 6 nitrogen and oxygen atoms in total. The molecule has 4 rings (SSSR count). The number of fused-ring (bicyclic) bond motifs is 1. The first kappa shape index (κ1) is 17.4. The summed E-state index contributed by atoms with van der Waals surface area (Å²) in [5.41, 5.74) is 2.55. The number of nitrogens with zero attached hydrogens (tertiary/aromatic N) is 2. The van der Waals surface area contributed by atoms with Gasteiger partial charge in [-0.1, -0.05) is 12.1 Å². The summed E-state index contributed by atoms with van der Waals surface area (Å²) in [5, 5.41) is 2.88. The molecule has 2 aromatic carbocycles. The van der Waals surface area contributed by atoms with Gasteiger partial charge in [0.25, 0.3) is 0 Å². The van der Waals surface area contributed by atoms with Crippen molar-refractivity contribution in [2.24, 2.45) is 0 Å². The van der Waals surface area contributed by atoms with Crippen LogP contribution < -0.4 is 10.2 Å². The molecule has 0 bridgehead atoms. The number of carbonyl (C=O) groups excluding carboxylic acids is 2. The lowest BCUT2D eigenvalue weighted by Crippen LogP contribution is -2.37. The molecule has 0 unspecified atom stereocenters. The van der Waals surface area contributed by atoms with Gasteiger partial charge in [0.15, 0.2) is 0 Å². The minimum absolute atomic E-state index is 0.0364. The van der Waals surface area contributed by atoms with Crippen LogP contribution in [0.3, 0.4) is 0 Å². The fourth-order valence-electron chi connectivity index (χ4n) is 2.97. The van der Waals surface area contributed by atoms with E-state index >= 15 is 0 Å². The van der Waals surface area contributed by atoms with Crippen molar-refractivity contribution in [3.8, 4) is 11.4 Å². The molecule has 0 radical (unpaired) electrons. The van der Waals surface area contributed by atoms with Crippen molar-refractivity contribution in [3.05, 3.63) is 60.9 Å². The molecule has 27 heavy (non-hydrogen) atoms. The zero-order valence-corrected chi connectivity index (χ0v) is 15.3. The maximum atomic E-state index is 12.3. The summed E-state index contributed by atoms with van der Waals surface area (Å²) in [5.74, 6) is 1.11. The van der Waals surface area contributed by atoms with Crippen LogP contribution in [0.5, 0.6) is 0 Å². The lowest BCUT2D eigenvalue weighted by atomic mass is 10.2. The number of nitrogens with one attached hydrogen (secondary N) is 2. The largest absolute Gasteiger partial charge is 0.345 e. The predicted octanol–water partition coefficient (Wildman–Crippen LogP) is 3.54. The number of aromatic nitrogens is 2. The molecule has 0 saturated carbocycles. The summed E-state index contributed by atoms with van der Waals surface area (Å²) in [6.07, 6.45) is 3.71. The van der Waals surface area contributed by atoms with E-state index in [0.717, 1.165) is 27.7 Å². The smallest absolute Gasteiger partial charge is 0.237 e. The van der Waals surface area contributed by atoms with Crippen LogP contribution in [-0.4, -0.2) is 34.1 Å². The number of amides is 2. The molecule has 2 N–H and O–H groups in total. The summed E-state index contributed by atoms with van der Waals surface area (Å²) in [7, 11) is 0. The highest BCUT2D eigenvalue weighted by atomic mass is 32.2. The lowest BCUT2D eigenvalue weighted by molar-refractivity contribution is -0.117. The minimum atomic E-state index is -0.121. The molecule has 2 heterocycles. The van der Waals surface area contributed by atoms with Crippen molar-refractivity contribution < 1.29 is 9.59 Å². The molecule has 0 aliphatic carbocycles. The highest BCUT2D eigenvalue weighted by molar-refractivity contribution is 8.00. The highest BCUT2D eigenvalue weighted by Gasteiger charge is 2.24. The number of anilines is 2. The number of hydrogen-bond acceptors (Lipinski definition) is 4. The summed E-state index contributed by atoms with van der Waals surface area (Å²) in [4.78, 5) is 34.6. The van der Waals surface area contributed by atoms with Gasteiger partial charge in [-0.2, -0.15) is 0 Å². The molecule has 1 aliphatic heterocycles. The van der Waals surface area contributed by atoms with E-state index in [1.807, 2.05) is 48.5 Å². The molecular formula is C20H18N4O2S. The Kier molecular flexibility index (Phi) is 4.93. The number of rotatable bonds is 5. The van der Waals surface area contributed by atoms with Crippen molar-refractivity contribution >= 4 is 35.0 Å². The molecule has 136 valence electrons. The second kappa shape index (κ2) is 7.67. The number of carbonyl (C=O) groups is 2. The van der Waals surface area contributed by atoms with E-state index in [4.69, 9.17) is 0 Å². The van der Waals surface area contributed by atoms with Crippen molar-refractivity contribution in [2.45, 2.75) is 11.3 Å². The van der Waals surface area contributed by atoms with E-state index in [-0.39, 0.29) is 18.2 Å². The number of thioether (sulfide) groups is 1. The van der Waals surface area contributed by atoms with Crippen LogP contribution in [0.15, 0.2) is 65.8 Å². The molecule has 0 atom stereocenters. The standard InChI is InChI=1S/C20H18N4O2S/c25-18(23-15-7-5-14(6-8-15)20-21-10-11-22-20)9-12-24-16-3-1-2-4-17(16)27-13-19(24)26/h1-8,10-11H,9,12-13H2,(H,21,22)(H,23,25). The van der Waals surface area contributed by atoms with Gasteiger partial charge in [-0.25, -0.2) is 4.98 Å². The van der Waals surface area contributed by atoms with Crippen LogP contribution in [0, 0.1) is 0 Å². The van der Waals surface area contributed by atoms with Gasteiger partial charge in [0.1, 0.15) is 5.82 Å². The van der Waals surface area contributed by atoms with E-state index < -0.39 is 0 Å². The molecule has 1 aromatic heterocycles. The number of benzene rings is 2. The van der Waals surface area contributed by atoms with E-state index in [1.54, 1.807) is 17.3 Å². The summed E-state index contributed by atoms with van der Waals surface area (Å²) < 4.78 is 0. The highest BCUT2D eigenvalue weighted by Crippen LogP contribution is 2.34. The number of imidazole rings is 1. The summed E-state index contributed by atoms with van der Waals surface area (Å²) in [6.45, 7) is 0.368. The topological polar surface area (TPSA) is 78.1 Å². The van der Waals surface area contributed by atoms with Gasteiger partial charge in [0.05, 0.1) is 11.4 Å². The van der Waals surface area contributed by atoms with Crippen molar-refractivity contribution in [1.29, 1.82) is 0 Å². The molecule has 3 aromatic rings. The molecular weight excluding hydrogens is 360 g/mol. The predicted molar refractivity (Wildman–Crippen MR) is 107 cm³/mol. The number of hydrogen-bond donors (Lipinski definition) is 2. The molecule has 0 spiro atoms. The quantitative estimate of drug-likeness (QED) is 0.712. The van der Waals surface area contributed by atoms with Gasteiger partial charge in [0.2, 0.25) is 11.8 Å². The molecule has 2 amide bonds. The Hall–Kier alpha value is -3.06. The Labute approximate surface area is 161 Å². The molecule has 7 heteroatoms. The van der Waals surface area contributed by atoms with Gasteiger partial charge >= 0.3 is 0 Å². The average Bonchev–Trinajstić information content (AvgIpc) is 3.22. The third-order valence-corrected chi connectivity index (χ3v) is 5.36. The molecule has 0 saturated heterocycles. The van der Waals surface area contributed by atoms with Crippen LogP contribution in [-0.2, 0) is 9.59 Å². The normalized spacial score (nSPS) is 13.3. The van der Waals surface area contributed by atoms with E-state index in [9.17, 15) is 9.59 Å². The van der Waals surface area contributed by atoms with E-state index in [0.29, 0.717) is 12.3 Å². The van der Waals surface area contributed by atoms with Gasteiger partial charge in [0, 0.05) is 41.5 Å². The third kappa shape index (κ3) is 3.88. The van der Waals surface area contributed by atoms with Crippen molar-refractivity contribution in [3.63, 3.8) is 0 Å². The van der Waals surface area contributed by atoms with Gasteiger partial charge in [-0.3, -0.25) is 9.59 Å². The van der Waals surface area contributed by atoms with Crippen molar-refractivity contribution in [1.82, 2.24) is 9.97 Å². The van der Waals surface area contributed by atoms with Crippen LogP contribution in [0.25, 0.3) is 11.4 Å². The first-order valence-electron chi connectivity index (χ1n) is 8.62. The first-order valence-corrected chi connectivity index (χ1v) is 9.61. The van der Waals surface area contributed by atoms with Gasteiger partial charge < -0.3 is 15.2 Å². The zero-order chi connectivity index (χ0) is 18.6. The lowest BCUT2D eigenvalue weighted by Gasteiger charge is -2.28. The Morgan fingerprint density at radius 1 is 1.19 bits per heavy atom. The number of H-pyrrole nitrogens is 1. The Morgan fingerprint density at radius 3 is 2.78 bits per heavy atom. The monoisotopic (exact) mass is 378 g/mol. The SMILES string of the molecule is O=C(CCN1C(=O)CSc2ccccc21)Nc1ccc(-c2ncc[nH]2)cc1. The zero-order valence-electron chi connectivity index (χ0n) is 14.5. The van der Waals surface area contributed by atoms with Crippen LogP contribution in [0.1, 0.15) is 6.42 Å². The van der Waals surface area contributed by atoms with E-state index in [1.165, 1.54) is 11.8 Å².